The number of rotatable bonds is 3. The van der Waals surface area contributed by atoms with Gasteiger partial charge in [-0.2, -0.15) is 5.10 Å². The zero-order chi connectivity index (χ0) is 15.5. The number of carbonyl (C=O) groups excluding carboxylic acids is 1. The summed E-state index contributed by atoms with van der Waals surface area (Å²) in [6.45, 7) is 0. The van der Waals surface area contributed by atoms with Gasteiger partial charge in [0.25, 0.3) is 5.91 Å². The number of hydrogen-bond acceptors (Lipinski definition) is 3. The number of para-hydroxylation sites is 1. The topological polar surface area (TPSA) is 77.5 Å². The van der Waals surface area contributed by atoms with E-state index in [-0.39, 0.29) is 10.8 Å². The normalized spacial score (nSPS) is 11.1. The first-order valence-corrected chi connectivity index (χ1v) is 6.91. The molecule has 6 heteroatoms. The van der Waals surface area contributed by atoms with Gasteiger partial charge in [0.1, 0.15) is 5.75 Å². The molecule has 0 atom stereocenters. The number of nitrogens with zero attached hydrogens (tertiary/aromatic N) is 1. The number of phenols is 1. The summed E-state index contributed by atoms with van der Waals surface area (Å²) in [7, 11) is 0. The molecular formula is C16H12ClN3O2. The van der Waals surface area contributed by atoms with Gasteiger partial charge in [-0.1, -0.05) is 29.8 Å². The van der Waals surface area contributed by atoms with E-state index in [4.69, 9.17) is 11.6 Å². The molecule has 0 saturated heterocycles. The summed E-state index contributed by atoms with van der Waals surface area (Å²) < 4.78 is 0. The zero-order valence-corrected chi connectivity index (χ0v) is 12.1. The van der Waals surface area contributed by atoms with E-state index in [0.29, 0.717) is 5.56 Å². The molecule has 5 nitrogen and oxygen atoms in total. The quantitative estimate of drug-likeness (QED) is 0.512. The standard InChI is InChI=1S/C16H12ClN3O2/c17-13-7-10(5-6-15(13)21)16(22)20-19-9-11-8-18-14-4-2-1-3-12(11)14/h1-9,18,21H,(H,20,22)/b19-9+. The van der Waals surface area contributed by atoms with Gasteiger partial charge in [-0.25, -0.2) is 5.43 Å². The Morgan fingerprint density at radius 3 is 2.91 bits per heavy atom. The molecule has 3 N–H and O–H groups in total. The molecular weight excluding hydrogens is 302 g/mol. The number of benzene rings is 2. The van der Waals surface area contributed by atoms with Gasteiger partial charge in [0.2, 0.25) is 0 Å². The van der Waals surface area contributed by atoms with E-state index in [9.17, 15) is 9.90 Å². The third kappa shape index (κ3) is 2.80. The number of aromatic nitrogens is 1. The molecule has 0 aliphatic rings. The lowest BCUT2D eigenvalue weighted by Crippen LogP contribution is -2.17. The molecule has 0 saturated carbocycles. The molecule has 110 valence electrons. The molecule has 0 aliphatic carbocycles. The van der Waals surface area contributed by atoms with Crippen molar-refractivity contribution < 1.29 is 9.90 Å². The van der Waals surface area contributed by atoms with E-state index in [2.05, 4.69) is 15.5 Å². The molecule has 0 aliphatic heterocycles. The molecule has 0 bridgehead atoms. The van der Waals surface area contributed by atoms with Crippen molar-refractivity contribution in [3.05, 3.63) is 64.8 Å². The van der Waals surface area contributed by atoms with Crippen molar-refractivity contribution >= 4 is 34.6 Å². The number of phenolic OH excluding ortho intramolecular Hbond substituents is 1. The van der Waals surface area contributed by atoms with E-state index in [1.165, 1.54) is 18.2 Å². The molecule has 22 heavy (non-hydrogen) atoms. The lowest BCUT2D eigenvalue weighted by Gasteiger charge is -2.01. The van der Waals surface area contributed by atoms with Gasteiger partial charge >= 0.3 is 0 Å². The number of amides is 1. The fraction of sp³-hybridized carbons (Fsp3) is 0. The van der Waals surface area contributed by atoms with Crippen LogP contribution in [0.3, 0.4) is 0 Å². The molecule has 0 spiro atoms. The van der Waals surface area contributed by atoms with E-state index >= 15 is 0 Å². The predicted octanol–water partition coefficient (Wildman–Crippen LogP) is 3.29. The van der Waals surface area contributed by atoms with Crippen LogP contribution >= 0.6 is 11.6 Å². The van der Waals surface area contributed by atoms with Crippen molar-refractivity contribution in [2.75, 3.05) is 0 Å². The Hall–Kier alpha value is -2.79. The van der Waals surface area contributed by atoms with Crippen LogP contribution in [-0.2, 0) is 0 Å². The molecule has 0 unspecified atom stereocenters. The van der Waals surface area contributed by atoms with Crippen LogP contribution in [0.5, 0.6) is 5.75 Å². The summed E-state index contributed by atoms with van der Waals surface area (Å²) >= 11 is 5.77. The Labute approximate surface area is 131 Å². The zero-order valence-electron chi connectivity index (χ0n) is 11.4. The maximum Gasteiger partial charge on any atom is 0.271 e. The number of hydrogen-bond donors (Lipinski definition) is 3. The average molecular weight is 314 g/mol. The molecule has 3 aromatic rings. The number of nitrogens with one attached hydrogen (secondary N) is 2. The molecule has 3 rings (SSSR count). The van der Waals surface area contributed by atoms with E-state index in [0.717, 1.165) is 16.5 Å². The van der Waals surface area contributed by atoms with Crippen LogP contribution in [0.4, 0.5) is 0 Å². The highest BCUT2D eigenvalue weighted by Gasteiger charge is 2.07. The van der Waals surface area contributed by atoms with Crippen LogP contribution in [0.15, 0.2) is 53.8 Å². The minimum Gasteiger partial charge on any atom is -0.506 e. The van der Waals surface area contributed by atoms with Crippen molar-refractivity contribution in [2.45, 2.75) is 0 Å². The summed E-state index contributed by atoms with van der Waals surface area (Å²) in [5.74, 6) is -0.474. The Morgan fingerprint density at radius 1 is 1.27 bits per heavy atom. The smallest absolute Gasteiger partial charge is 0.271 e. The van der Waals surface area contributed by atoms with Gasteiger partial charge in [0.15, 0.2) is 0 Å². The van der Waals surface area contributed by atoms with Gasteiger partial charge in [0, 0.05) is 28.2 Å². The average Bonchev–Trinajstić information content (AvgIpc) is 2.93. The van der Waals surface area contributed by atoms with Crippen molar-refractivity contribution in [3.8, 4) is 5.75 Å². The second-order valence-corrected chi connectivity index (χ2v) is 5.06. The number of halogens is 1. The highest BCUT2D eigenvalue weighted by Crippen LogP contribution is 2.23. The molecule has 1 aromatic heterocycles. The van der Waals surface area contributed by atoms with Crippen LogP contribution in [0, 0.1) is 0 Å². The lowest BCUT2D eigenvalue weighted by molar-refractivity contribution is 0.0955. The number of fused-ring (bicyclic) bond motifs is 1. The van der Waals surface area contributed by atoms with Crippen LogP contribution in [-0.4, -0.2) is 22.2 Å². The van der Waals surface area contributed by atoms with Crippen molar-refractivity contribution in [2.24, 2.45) is 5.10 Å². The SMILES string of the molecule is O=C(N/N=C/c1c[nH]c2ccccc12)c1ccc(O)c(Cl)c1. The Bertz CT molecular complexity index is 871. The Kier molecular flexibility index (Phi) is 3.80. The van der Waals surface area contributed by atoms with Crippen LogP contribution in [0.2, 0.25) is 5.02 Å². The number of H-pyrrole nitrogens is 1. The predicted molar refractivity (Wildman–Crippen MR) is 86.5 cm³/mol. The molecule has 1 amide bonds. The minimum atomic E-state index is -0.405. The van der Waals surface area contributed by atoms with Crippen LogP contribution in [0.25, 0.3) is 10.9 Å². The molecule has 0 radical (unpaired) electrons. The Morgan fingerprint density at radius 2 is 2.09 bits per heavy atom. The summed E-state index contributed by atoms with van der Waals surface area (Å²) in [5.41, 5.74) is 4.62. The van der Waals surface area contributed by atoms with Crippen molar-refractivity contribution in [1.82, 2.24) is 10.4 Å². The first kappa shape index (κ1) is 14.2. The number of aromatic amines is 1. The van der Waals surface area contributed by atoms with Gasteiger partial charge in [-0.3, -0.25) is 4.79 Å². The van der Waals surface area contributed by atoms with Gasteiger partial charge in [0.05, 0.1) is 11.2 Å². The monoisotopic (exact) mass is 313 g/mol. The minimum absolute atomic E-state index is 0.0690. The number of carbonyl (C=O) groups is 1. The van der Waals surface area contributed by atoms with Crippen molar-refractivity contribution in [3.63, 3.8) is 0 Å². The fourth-order valence-corrected chi connectivity index (χ4v) is 2.25. The van der Waals surface area contributed by atoms with Gasteiger partial charge in [-0.05, 0) is 24.3 Å². The Balaban J connectivity index is 1.74. The van der Waals surface area contributed by atoms with E-state index in [1.54, 1.807) is 6.21 Å². The highest BCUT2D eigenvalue weighted by atomic mass is 35.5. The maximum absolute atomic E-state index is 11.9. The second kappa shape index (κ2) is 5.91. The summed E-state index contributed by atoms with van der Waals surface area (Å²) in [6, 6.07) is 12.0. The van der Waals surface area contributed by atoms with E-state index in [1.807, 2.05) is 30.5 Å². The largest absolute Gasteiger partial charge is 0.506 e. The molecule has 1 heterocycles. The van der Waals surface area contributed by atoms with Gasteiger partial charge in [-0.15, -0.1) is 0 Å². The lowest BCUT2D eigenvalue weighted by atomic mass is 10.2. The number of aromatic hydroxyl groups is 1. The second-order valence-electron chi connectivity index (χ2n) is 4.65. The first-order valence-electron chi connectivity index (χ1n) is 6.53. The fourth-order valence-electron chi connectivity index (χ4n) is 2.07. The van der Waals surface area contributed by atoms with Crippen LogP contribution in [0.1, 0.15) is 15.9 Å². The highest BCUT2D eigenvalue weighted by molar-refractivity contribution is 6.32. The van der Waals surface area contributed by atoms with Gasteiger partial charge < -0.3 is 10.1 Å². The first-order chi connectivity index (χ1) is 10.6. The summed E-state index contributed by atoms with van der Waals surface area (Å²) in [6.07, 6.45) is 3.39. The summed E-state index contributed by atoms with van der Waals surface area (Å²) in [4.78, 5) is 15.0. The van der Waals surface area contributed by atoms with Crippen molar-refractivity contribution in [1.29, 1.82) is 0 Å². The molecule has 0 fully saturated rings. The third-order valence-electron chi connectivity index (χ3n) is 3.20. The third-order valence-corrected chi connectivity index (χ3v) is 3.50. The maximum atomic E-state index is 11.9. The van der Waals surface area contributed by atoms with E-state index < -0.39 is 5.91 Å². The summed E-state index contributed by atoms with van der Waals surface area (Å²) in [5, 5.41) is 14.4. The number of hydrazone groups is 1. The molecule has 2 aromatic carbocycles. The van der Waals surface area contributed by atoms with Crippen LogP contribution < -0.4 is 5.43 Å².